The van der Waals surface area contributed by atoms with Gasteiger partial charge in [0.05, 0.1) is 17.6 Å². The highest BCUT2D eigenvalue weighted by Gasteiger charge is 2.17. The maximum absolute atomic E-state index is 12.3. The lowest BCUT2D eigenvalue weighted by molar-refractivity contribution is 0.101. The first kappa shape index (κ1) is 15.9. The molecule has 0 unspecified atom stereocenters. The largest absolute Gasteiger partial charge is 0.505 e. The topological polar surface area (TPSA) is 97.1 Å². The summed E-state index contributed by atoms with van der Waals surface area (Å²) >= 11 is 3.31. The molecule has 0 bridgehead atoms. The van der Waals surface area contributed by atoms with Gasteiger partial charge in [-0.15, -0.1) is 0 Å². The highest BCUT2D eigenvalue weighted by atomic mass is 79.9. The van der Waals surface area contributed by atoms with Crippen molar-refractivity contribution in [2.24, 2.45) is 0 Å². The van der Waals surface area contributed by atoms with E-state index in [0.29, 0.717) is 11.4 Å². The highest BCUT2D eigenvalue weighted by Crippen LogP contribution is 2.16. The van der Waals surface area contributed by atoms with E-state index in [1.165, 1.54) is 6.20 Å². The Balaban J connectivity index is 1.99. The molecule has 24 heavy (non-hydrogen) atoms. The summed E-state index contributed by atoms with van der Waals surface area (Å²) in [5.74, 6) is -1.14. The summed E-state index contributed by atoms with van der Waals surface area (Å²) in [5.41, 5.74) is 0.109. The lowest BCUT2D eigenvalue weighted by atomic mass is 10.3. The van der Waals surface area contributed by atoms with Crippen molar-refractivity contribution in [2.75, 3.05) is 5.32 Å². The number of halogens is 1. The zero-order valence-electron chi connectivity index (χ0n) is 12.2. The van der Waals surface area contributed by atoms with Crippen LogP contribution in [-0.2, 0) is 0 Å². The number of nitrogens with one attached hydrogen (secondary N) is 1. The van der Waals surface area contributed by atoms with Crippen LogP contribution in [0.15, 0.2) is 64.1 Å². The number of aromatic nitrogens is 3. The summed E-state index contributed by atoms with van der Waals surface area (Å²) in [5, 5.41) is 16.4. The minimum absolute atomic E-state index is 0.263. The van der Waals surface area contributed by atoms with E-state index < -0.39 is 17.2 Å². The van der Waals surface area contributed by atoms with Crippen LogP contribution in [0.1, 0.15) is 10.5 Å². The summed E-state index contributed by atoms with van der Waals surface area (Å²) in [7, 11) is 0. The molecule has 2 N–H and O–H groups in total. The van der Waals surface area contributed by atoms with E-state index in [0.717, 1.165) is 15.2 Å². The van der Waals surface area contributed by atoms with Gasteiger partial charge in [-0.05, 0) is 36.4 Å². The van der Waals surface area contributed by atoms with Gasteiger partial charge in [-0.2, -0.15) is 9.78 Å². The standard InChI is InChI=1S/C16H11BrN4O3/c17-10-3-5-12(6-4-10)21-14(23)8-13(22)15(20-21)16(24)19-11-2-1-7-18-9-11/h1-9,22H,(H,19,24). The Bertz CT molecular complexity index is 940. The molecule has 0 saturated heterocycles. The number of carbonyl (C=O) groups excluding carboxylic acids is 1. The van der Waals surface area contributed by atoms with Crippen LogP contribution in [0.25, 0.3) is 5.69 Å². The van der Waals surface area contributed by atoms with E-state index in [-0.39, 0.29) is 5.69 Å². The molecule has 3 rings (SSSR count). The zero-order chi connectivity index (χ0) is 17.1. The average molecular weight is 387 g/mol. The number of hydrogen-bond donors (Lipinski definition) is 2. The van der Waals surface area contributed by atoms with Gasteiger partial charge in [-0.1, -0.05) is 15.9 Å². The molecular weight excluding hydrogens is 376 g/mol. The fraction of sp³-hybridized carbons (Fsp3) is 0. The summed E-state index contributed by atoms with van der Waals surface area (Å²) < 4.78 is 1.89. The number of amides is 1. The van der Waals surface area contributed by atoms with Gasteiger partial charge in [-0.3, -0.25) is 14.6 Å². The van der Waals surface area contributed by atoms with Crippen molar-refractivity contribution in [2.45, 2.75) is 0 Å². The van der Waals surface area contributed by atoms with Crippen LogP contribution in [0.5, 0.6) is 5.75 Å². The molecule has 120 valence electrons. The smallest absolute Gasteiger partial charge is 0.280 e. The Morgan fingerprint density at radius 2 is 1.96 bits per heavy atom. The minimum Gasteiger partial charge on any atom is -0.505 e. The number of pyridine rings is 1. The van der Waals surface area contributed by atoms with Crippen LogP contribution >= 0.6 is 15.9 Å². The molecule has 0 fully saturated rings. The number of rotatable bonds is 3. The number of anilines is 1. The van der Waals surface area contributed by atoms with Crippen LogP contribution in [-0.4, -0.2) is 25.8 Å². The molecule has 0 aliphatic heterocycles. The third-order valence-corrected chi connectivity index (χ3v) is 3.65. The number of hydrogen-bond acceptors (Lipinski definition) is 5. The van der Waals surface area contributed by atoms with Gasteiger partial charge in [-0.25, -0.2) is 0 Å². The van der Waals surface area contributed by atoms with Gasteiger partial charge < -0.3 is 10.4 Å². The van der Waals surface area contributed by atoms with Gasteiger partial charge in [0.15, 0.2) is 11.4 Å². The van der Waals surface area contributed by atoms with E-state index in [9.17, 15) is 14.7 Å². The third-order valence-electron chi connectivity index (χ3n) is 3.12. The Kier molecular flexibility index (Phi) is 4.39. The molecule has 0 aliphatic rings. The fourth-order valence-corrected chi connectivity index (χ4v) is 2.27. The second-order valence-corrected chi connectivity index (χ2v) is 5.72. The molecule has 0 saturated carbocycles. The van der Waals surface area contributed by atoms with Crippen molar-refractivity contribution < 1.29 is 9.90 Å². The van der Waals surface area contributed by atoms with Gasteiger partial charge >= 0.3 is 0 Å². The molecule has 3 aromatic rings. The molecule has 2 heterocycles. The van der Waals surface area contributed by atoms with E-state index in [1.807, 2.05) is 0 Å². The Hall–Kier alpha value is -3.00. The molecule has 1 aromatic carbocycles. The van der Waals surface area contributed by atoms with Crippen molar-refractivity contribution in [3.05, 3.63) is 75.4 Å². The van der Waals surface area contributed by atoms with Crippen molar-refractivity contribution in [3.63, 3.8) is 0 Å². The predicted molar refractivity (Wildman–Crippen MR) is 91.4 cm³/mol. The van der Waals surface area contributed by atoms with E-state index in [2.05, 4.69) is 31.3 Å². The number of benzene rings is 1. The molecule has 0 spiro atoms. The molecule has 1 amide bonds. The maximum Gasteiger partial charge on any atom is 0.280 e. The van der Waals surface area contributed by atoms with Gasteiger partial charge in [0.25, 0.3) is 11.5 Å². The Labute approximate surface area is 144 Å². The van der Waals surface area contributed by atoms with Crippen LogP contribution in [0.4, 0.5) is 5.69 Å². The quantitative estimate of drug-likeness (QED) is 0.719. The molecule has 2 aromatic heterocycles. The number of nitrogens with zero attached hydrogens (tertiary/aromatic N) is 3. The van der Waals surface area contributed by atoms with Crippen molar-refractivity contribution in [1.82, 2.24) is 14.8 Å². The second-order valence-electron chi connectivity index (χ2n) is 4.80. The molecule has 0 aliphatic carbocycles. The van der Waals surface area contributed by atoms with Crippen LogP contribution in [0.2, 0.25) is 0 Å². The molecular formula is C16H11BrN4O3. The summed E-state index contributed by atoms with van der Waals surface area (Å²) in [6, 6.07) is 11.1. The Morgan fingerprint density at radius 3 is 2.62 bits per heavy atom. The first-order valence-electron chi connectivity index (χ1n) is 6.85. The first-order chi connectivity index (χ1) is 11.5. The Morgan fingerprint density at radius 1 is 1.21 bits per heavy atom. The summed E-state index contributed by atoms with van der Waals surface area (Å²) in [6.45, 7) is 0. The van der Waals surface area contributed by atoms with Gasteiger partial charge in [0, 0.05) is 16.7 Å². The lowest BCUT2D eigenvalue weighted by Crippen LogP contribution is -2.25. The fourth-order valence-electron chi connectivity index (χ4n) is 2.00. The molecule has 8 heteroatoms. The van der Waals surface area contributed by atoms with Crippen LogP contribution < -0.4 is 10.9 Å². The van der Waals surface area contributed by atoms with Gasteiger partial charge in [0.2, 0.25) is 0 Å². The van der Waals surface area contributed by atoms with E-state index >= 15 is 0 Å². The minimum atomic E-state index is -0.647. The van der Waals surface area contributed by atoms with Crippen LogP contribution in [0.3, 0.4) is 0 Å². The predicted octanol–water partition coefficient (Wildman–Crippen LogP) is 2.35. The lowest BCUT2D eigenvalue weighted by Gasteiger charge is -2.09. The zero-order valence-corrected chi connectivity index (χ0v) is 13.8. The molecule has 0 atom stereocenters. The normalized spacial score (nSPS) is 10.4. The monoisotopic (exact) mass is 386 g/mol. The van der Waals surface area contributed by atoms with Crippen molar-refractivity contribution in [1.29, 1.82) is 0 Å². The van der Waals surface area contributed by atoms with Crippen molar-refractivity contribution in [3.8, 4) is 11.4 Å². The van der Waals surface area contributed by atoms with E-state index in [1.54, 1.807) is 42.6 Å². The third kappa shape index (κ3) is 3.33. The number of aromatic hydroxyl groups is 1. The summed E-state index contributed by atoms with van der Waals surface area (Å²) in [6.07, 6.45) is 3.03. The van der Waals surface area contributed by atoms with Gasteiger partial charge in [0.1, 0.15) is 0 Å². The van der Waals surface area contributed by atoms with Crippen LogP contribution in [0, 0.1) is 0 Å². The maximum atomic E-state index is 12.3. The summed E-state index contributed by atoms with van der Waals surface area (Å²) in [4.78, 5) is 28.2. The molecule has 7 nitrogen and oxygen atoms in total. The highest BCUT2D eigenvalue weighted by molar-refractivity contribution is 9.10. The van der Waals surface area contributed by atoms with Crippen molar-refractivity contribution >= 4 is 27.5 Å². The number of carbonyl (C=O) groups is 1. The molecule has 0 radical (unpaired) electrons. The SMILES string of the molecule is O=C(Nc1cccnc1)c1nn(-c2ccc(Br)cc2)c(=O)cc1O. The average Bonchev–Trinajstić information content (AvgIpc) is 2.57. The van der Waals surface area contributed by atoms with E-state index in [4.69, 9.17) is 0 Å². The second kappa shape index (κ2) is 6.63. The first-order valence-corrected chi connectivity index (χ1v) is 7.64.